The summed E-state index contributed by atoms with van der Waals surface area (Å²) in [5.41, 5.74) is 0. The monoisotopic (exact) mass is 267 g/mol. The third-order valence-electron chi connectivity index (χ3n) is 2.89. The Morgan fingerprint density at radius 3 is 2.94 bits per heavy atom. The third kappa shape index (κ3) is 4.37. The number of nitrogens with one attached hydrogen (secondary N) is 1. The minimum atomic E-state index is 0.689. The maximum Gasteiger partial charge on any atom is 0.219 e. The molecule has 0 spiro atoms. The van der Waals surface area contributed by atoms with Gasteiger partial charge in [-0.25, -0.2) is 4.98 Å². The maximum absolute atomic E-state index is 5.72. The van der Waals surface area contributed by atoms with Gasteiger partial charge in [-0.15, -0.1) is 0 Å². The van der Waals surface area contributed by atoms with E-state index in [1.54, 1.807) is 11.8 Å². The minimum Gasteiger partial charge on any atom is -0.477 e. The van der Waals surface area contributed by atoms with Crippen molar-refractivity contribution in [1.29, 1.82) is 0 Å². The summed E-state index contributed by atoms with van der Waals surface area (Å²) in [5, 5.41) is 4.04. The van der Waals surface area contributed by atoms with Crippen molar-refractivity contribution >= 4 is 17.6 Å². The lowest BCUT2D eigenvalue weighted by atomic mass is 10.3. The molecular formula is C13H21N3OS. The van der Waals surface area contributed by atoms with Crippen LogP contribution in [0.4, 0.5) is 5.82 Å². The number of hydrogen-bond donors (Lipinski definition) is 1. The highest BCUT2D eigenvalue weighted by Crippen LogP contribution is 2.32. The van der Waals surface area contributed by atoms with Gasteiger partial charge in [0.25, 0.3) is 0 Å². The lowest BCUT2D eigenvalue weighted by Crippen LogP contribution is -2.06. The van der Waals surface area contributed by atoms with Crippen molar-refractivity contribution in [2.24, 2.45) is 5.92 Å². The molecule has 0 radical (unpaired) electrons. The highest BCUT2D eigenvalue weighted by atomic mass is 32.2. The second kappa shape index (κ2) is 6.83. The molecule has 1 aromatic rings. The molecule has 100 valence electrons. The Kier molecular flexibility index (Phi) is 5.11. The molecule has 0 bridgehead atoms. The summed E-state index contributed by atoms with van der Waals surface area (Å²) in [4.78, 5) is 8.77. The molecule has 5 heteroatoms. The Labute approximate surface area is 113 Å². The van der Waals surface area contributed by atoms with Gasteiger partial charge in [0.15, 0.2) is 5.16 Å². The van der Waals surface area contributed by atoms with Crippen molar-refractivity contribution < 1.29 is 4.74 Å². The number of nitrogens with zero attached hydrogens (tertiary/aromatic N) is 2. The molecule has 1 heterocycles. The predicted molar refractivity (Wildman–Crippen MR) is 75.4 cm³/mol. The van der Waals surface area contributed by atoms with Crippen molar-refractivity contribution in [3.8, 4) is 5.88 Å². The first-order chi connectivity index (χ1) is 8.81. The molecule has 1 fully saturated rings. The molecule has 0 atom stereocenters. The fraction of sp³-hybridized carbons (Fsp3) is 0.692. The van der Waals surface area contributed by atoms with Gasteiger partial charge in [0.2, 0.25) is 5.88 Å². The second-order valence-corrected chi connectivity index (χ2v) is 5.36. The van der Waals surface area contributed by atoms with Gasteiger partial charge in [-0.3, -0.25) is 0 Å². The molecule has 4 nitrogen and oxygen atoms in total. The smallest absolute Gasteiger partial charge is 0.219 e. The Balaban J connectivity index is 1.92. The minimum absolute atomic E-state index is 0.689. The van der Waals surface area contributed by atoms with Crippen molar-refractivity contribution in [1.82, 2.24) is 9.97 Å². The summed E-state index contributed by atoms with van der Waals surface area (Å²) < 4.78 is 5.72. The molecular weight excluding hydrogens is 246 g/mol. The van der Waals surface area contributed by atoms with E-state index in [-0.39, 0.29) is 0 Å². The highest BCUT2D eigenvalue weighted by molar-refractivity contribution is 7.98. The van der Waals surface area contributed by atoms with Gasteiger partial charge in [0, 0.05) is 12.6 Å². The Morgan fingerprint density at radius 2 is 2.28 bits per heavy atom. The molecule has 0 saturated heterocycles. The molecule has 0 aromatic carbocycles. The Hall–Kier alpha value is -0.970. The molecule has 1 N–H and O–H groups in total. The standard InChI is InChI=1S/C13H21N3OS/c1-3-7-14-11-9-12(16-13(15-11)18-2)17-8-6-10-4-5-10/h9-10H,3-8H2,1-2H3,(H,14,15,16). The van der Waals surface area contributed by atoms with Crippen molar-refractivity contribution in [3.05, 3.63) is 6.07 Å². The number of aromatic nitrogens is 2. The second-order valence-electron chi connectivity index (χ2n) is 4.59. The summed E-state index contributed by atoms with van der Waals surface area (Å²) in [6, 6.07) is 1.89. The van der Waals surface area contributed by atoms with E-state index in [4.69, 9.17) is 4.74 Å². The van der Waals surface area contributed by atoms with Crippen molar-refractivity contribution in [2.75, 3.05) is 24.7 Å². The van der Waals surface area contributed by atoms with Crippen LogP contribution in [-0.2, 0) is 0 Å². The number of rotatable bonds is 8. The van der Waals surface area contributed by atoms with E-state index in [2.05, 4.69) is 22.2 Å². The predicted octanol–water partition coefficient (Wildman–Crippen LogP) is 3.20. The van der Waals surface area contributed by atoms with Crippen LogP contribution in [0.15, 0.2) is 11.2 Å². The molecule has 0 unspecified atom stereocenters. The number of anilines is 1. The van der Waals surface area contributed by atoms with Crippen LogP contribution in [0.5, 0.6) is 5.88 Å². The highest BCUT2D eigenvalue weighted by Gasteiger charge is 2.20. The van der Waals surface area contributed by atoms with Crippen LogP contribution in [0.25, 0.3) is 0 Å². The van der Waals surface area contributed by atoms with Crippen LogP contribution in [0.1, 0.15) is 32.6 Å². The first kappa shape index (κ1) is 13.5. The summed E-state index contributed by atoms with van der Waals surface area (Å²) >= 11 is 1.54. The molecule has 0 amide bonds. The first-order valence-corrected chi connectivity index (χ1v) is 7.84. The van der Waals surface area contributed by atoms with Crippen LogP contribution in [0, 0.1) is 5.92 Å². The van der Waals surface area contributed by atoms with E-state index >= 15 is 0 Å². The molecule has 1 saturated carbocycles. The molecule has 0 aliphatic heterocycles. The molecule has 1 aromatic heterocycles. The summed E-state index contributed by atoms with van der Waals surface area (Å²) in [5.74, 6) is 2.44. The van der Waals surface area contributed by atoms with E-state index in [0.717, 1.165) is 42.9 Å². The first-order valence-electron chi connectivity index (χ1n) is 6.61. The van der Waals surface area contributed by atoms with E-state index < -0.39 is 0 Å². The topological polar surface area (TPSA) is 47.0 Å². The zero-order chi connectivity index (χ0) is 12.8. The van der Waals surface area contributed by atoms with Crippen LogP contribution < -0.4 is 10.1 Å². The van der Waals surface area contributed by atoms with E-state index in [1.165, 1.54) is 12.8 Å². The quantitative estimate of drug-likeness (QED) is 0.579. The van der Waals surface area contributed by atoms with Gasteiger partial charge in [-0.1, -0.05) is 31.5 Å². The average molecular weight is 267 g/mol. The normalized spacial score (nSPS) is 14.6. The van der Waals surface area contributed by atoms with Crippen LogP contribution >= 0.6 is 11.8 Å². The van der Waals surface area contributed by atoms with Gasteiger partial charge in [0.1, 0.15) is 5.82 Å². The van der Waals surface area contributed by atoms with Crippen molar-refractivity contribution in [2.45, 2.75) is 37.8 Å². The van der Waals surface area contributed by atoms with Crippen LogP contribution in [0.2, 0.25) is 0 Å². The van der Waals surface area contributed by atoms with Gasteiger partial charge in [0.05, 0.1) is 6.61 Å². The van der Waals surface area contributed by atoms with Gasteiger partial charge >= 0.3 is 0 Å². The lowest BCUT2D eigenvalue weighted by molar-refractivity contribution is 0.288. The summed E-state index contributed by atoms with van der Waals surface area (Å²) in [6.07, 6.45) is 6.94. The number of ether oxygens (including phenoxy) is 1. The van der Waals surface area contributed by atoms with Crippen LogP contribution in [0.3, 0.4) is 0 Å². The zero-order valence-corrected chi connectivity index (χ0v) is 11.9. The van der Waals surface area contributed by atoms with E-state index in [9.17, 15) is 0 Å². The average Bonchev–Trinajstić information content (AvgIpc) is 3.20. The van der Waals surface area contributed by atoms with E-state index in [0.29, 0.717) is 5.88 Å². The number of hydrogen-bond acceptors (Lipinski definition) is 5. The molecule has 1 aliphatic carbocycles. The fourth-order valence-corrected chi connectivity index (χ4v) is 2.02. The maximum atomic E-state index is 5.72. The molecule has 18 heavy (non-hydrogen) atoms. The molecule has 2 rings (SSSR count). The zero-order valence-electron chi connectivity index (χ0n) is 11.1. The lowest BCUT2D eigenvalue weighted by Gasteiger charge is -2.09. The Bertz CT molecular complexity index is 382. The Morgan fingerprint density at radius 1 is 1.44 bits per heavy atom. The molecule has 1 aliphatic rings. The largest absolute Gasteiger partial charge is 0.477 e. The summed E-state index contributed by atoms with van der Waals surface area (Å²) in [7, 11) is 0. The van der Waals surface area contributed by atoms with E-state index in [1.807, 2.05) is 12.3 Å². The van der Waals surface area contributed by atoms with Crippen LogP contribution in [-0.4, -0.2) is 29.4 Å². The van der Waals surface area contributed by atoms with Gasteiger partial charge in [-0.2, -0.15) is 4.98 Å². The van der Waals surface area contributed by atoms with Gasteiger partial charge in [-0.05, 0) is 25.0 Å². The number of thioether (sulfide) groups is 1. The van der Waals surface area contributed by atoms with Gasteiger partial charge < -0.3 is 10.1 Å². The van der Waals surface area contributed by atoms with Crippen molar-refractivity contribution in [3.63, 3.8) is 0 Å². The third-order valence-corrected chi connectivity index (χ3v) is 3.44. The fourth-order valence-electron chi connectivity index (χ4n) is 1.65. The summed E-state index contributed by atoms with van der Waals surface area (Å²) in [6.45, 7) is 3.83. The SMILES string of the molecule is CCCNc1cc(OCCC2CC2)nc(SC)n1.